The zero-order valence-corrected chi connectivity index (χ0v) is 10.6. The van der Waals surface area contributed by atoms with Crippen molar-refractivity contribution < 1.29 is 9.59 Å². The van der Waals surface area contributed by atoms with E-state index in [9.17, 15) is 9.59 Å². The number of hydrogen-bond acceptors (Lipinski definition) is 4. The van der Waals surface area contributed by atoms with E-state index < -0.39 is 0 Å². The maximum Gasteiger partial charge on any atom is 0.234 e. The predicted octanol–water partition coefficient (Wildman–Crippen LogP) is 1.80. The van der Waals surface area contributed by atoms with Crippen molar-refractivity contribution in [1.29, 1.82) is 0 Å². The Hall–Kier alpha value is -2.01. The first kappa shape index (κ1) is 12.0. The number of imide groups is 1. The number of piperidine rings is 1. The third-order valence-corrected chi connectivity index (χ3v) is 3.59. The Morgan fingerprint density at radius 3 is 2.89 bits per heavy atom. The molecule has 0 spiro atoms. The van der Waals surface area contributed by atoms with E-state index in [-0.39, 0.29) is 17.7 Å². The predicted molar refractivity (Wildman–Crippen MR) is 69.7 cm³/mol. The van der Waals surface area contributed by atoms with Crippen molar-refractivity contribution in [3.63, 3.8) is 0 Å². The number of carbonyl (C=O) groups is 2. The first-order valence-electron chi connectivity index (χ1n) is 5.90. The molecule has 6 heteroatoms. The van der Waals surface area contributed by atoms with Gasteiger partial charge in [-0.1, -0.05) is 29.8 Å². The second-order valence-corrected chi connectivity index (χ2v) is 4.81. The maximum absolute atomic E-state index is 11.9. The average molecular weight is 276 g/mol. The van der Waals surface area contributed by atoms with Crippen LogP contribution in [-0.4, -0.2) is 22.0 Å². The van der Waals surface area contributed by atoms with Gasteiger partial charge in [-0.15, -0.1) is 5.10 Å². The zero-order valence-electron chi connectivity index (χ0n) is 9.89. The van der Waals surface area contributed by atoms with Gasteiger partial charge in [-0.3, -0.25) is 14.9 Å². The third-order valence-electron chi connectivity index (χ3n) is 3.31. The summed E-state index contributed by atoms with van der Waals surface area (Å²) in [6, 6.07) is 5.52. The van der Waals surface area contributed by atoms with E-state index in [1.165, 1.54) is 0 Å². The van der Waals surface area contributed by atoms with Crippen LogP contribution in [-0.2, 0) is 9.59 Å². The molecule has 3 rings (SSSR count). The highest BCUT2D eigenvalue weighted by molar-refractivity contribution is 6.34. The summed E-state index contributed by atoms with van der Waals surface area (Å²) in [6.07, 6.45) is 2.45. The molecule has 19 heavy (non-hydrogen) atoms. The number of benzene rings is 1. The zero-order chi connectivity index (χ0) is 13.4. The molecule has 1 atom stereocenters. The van der Waals surface area contributed by atoms with Gasteiger partial charge in [0.05, 0.1) is 12.1 Å². The Labute approximate surface area is 114 Å². The Morgan fingerprint density at radius 1 is 1.26 bits per heavy atom. The fourth-order valence-electron chi connectivity index (χ4n) is 2.39. The van der Waals surface area contributed by atoms with E-state index in [2.05, 4.69) is 15.5 Å². The van der Waals surface area contributed by atoms with Crippen molar-refractivity contribution >= 4 is 34.2 Å². The molecule has 1 unspecified atom stereocenters. The molecule has 2 heterocycles. The second-order valence-electron chi connectivity index (χ2n) is 4.45. The third kappa shape index (κ3) is 2.06. The molecule has 1 aromatic carbocycles. The Bertz CT molecular complexity index is 687. The topological polar surface area (TPSA) is 72.0 Å². The standard InChI is InChI=1S/C13H10ClN3O2/c14-12-8-3-1-2-7(10(8)6-15-17-12)9-4-5-11(18)16-13(9)19/h1-3,6,9H,4-5H2,(H,16,18,19). The van der Waals surface area contributed by atoms with E-state index >= 15 is 0 Å². The summed E-state index contributed by atoms with van der Waals surface area (Å²) < 4.78 is 0. The molecule has 0 aliphatic carbocycles. The molecule has 96 valence electrons. The summed E-state index contributed by atoms with van der Waals surface area (Å²) in [6.45, 7) is 0. The highest BCUT2D eigenvalue weighted by Crippen LogP contribution is 2.32. The van der Waals surface area contributed by atoms with Crippen molar-refractivity contribution in [3.8, 4) is 0 Å². The molecule has 2 amide bonds. The molecule has 1 aromatic heterocycles. The monoisotopic (exact) mass is 275 g/mol. The number of carbonyl (C=O) groups excluding carboxylic acids is 2. The Balaban J connectivity index is 2.13. The van der Waals surface area contributed by atoms with Crippen molar-refractivity contribution in [2.45, 2.75) is 18.8 Å². The number of halogens is 1. The number of rotatable bonds is 1. The van der Waals surface area contributed by atoms with Gasteiger partial charge in [0.25, 0.3) is 0 Å². The van der Waals surface area contributed by atoms with Gasteiger partial charge >= 0.3 is 0 Å². The van der Waals surface area contributed by atoms with Crippen LogP contribution in [0.5, 0.6) is 0 Å². The maximum atomic E-state index is 11.9. The van der Waals surface area contributed by atoms with Crippen molar-refractivity contribution in [3.05, 3.63) is 35.1 Å². The molecular weight excluding hydrogens is 266 g/mol. The number of nitrogens with zero attached hydrogens (tertiary/aromatic N) is 2. The van der Waals surface area contributed by atoms with Crippen LogP contribution in [0.25, 0.3) is 10.8 Å². The lowest BCUT2D eigenvalue weighted by Crippen LogP contribution is -2.39. The molecule has 0 radical (unpaired) electrons. The molecule has 1 aliphatic rings. The van der Waals surface area contributed by atoms with E-state index in [1.54, 1.807) is 6.20 Å². The molecule has 0 saturated carbocycles. The smallest absolute Gasteiger partial charge is 0.234 e. The number of fused-ring (bicyclic) bond motifs is 1. The van der Waals surface area contributed by atoms with Gasteiger partial charge in [0.2, 0.25) is 11.8 Å². The summed E-state index contributed by atoms with van der Waals surface area (Å²) >= 11 is 6.00. The number of hydrogen-bond donors (Lipinski definition) is 1. The Kier molecular flexibility index (Phi) is 2.91. The SMILES string of the molecule is O=C1CCC(c2cccc3c(Cl)nncc23)C(=O)N1. The second kappa shape index (κ2) is 4.59. The first-order chi connectivity index (χ1) is 9.16. The minimum Gasteiger partial charge on any atom is -0.296 e. The first-order valence-corrected chi connectivity index (χ1v) is 6.28. The lowest BCUT2D eigenvalue weighted by Gasteiger charge is -2.22. The summed E-state index contributed by atoms with van der Waals surface area (Å²) in [5, 5.41) is 11.9. The van der Waals surface area contributed by atoms with Crippen LogP contribution in [0.3, 0.4) is 0 Å². The summed E-state index contributed by atoms with van der Waals surface area (Å²) in [4.78, 5) is 23.1. The molecule has 5 nitrogen and oxygen atoms in total. The number of aromatic nitrogens is 2. The molecule has 1 N–H and O–H groups in total. The largest absolute Gasteiger partial charge is 0.296 e. The van der Waals surface area contributed by atoms with Crippen LogP contribution in [0, 0.1) is 0 Å². The van der Waals surface area contributed by atoms with Gasteiger partial charge in [0.15, 0.2) is 5.15 Å². The molecule has 1 aliphatic heterocycles. The van der Waals surface area contributed by atoms with Gasteiger partial charge in [-0.25, -0.2) is 0 Å². The van der Waals surface area contributed by atoms with Crippen LogP contribution in [0.15, 0.2) is 24.4 Å². The van der Waals surface area contributed by atoms with Gasteiger partial charge in [-0.2, -0.15) is 5.10 Å². The van der Waals surface area contributed by atoms with Crippen LogP contribution >= 0.6 is 11.6 Å². The van der Waals surface area contributed by atoms with Gasteiger partial charge in [0.1, 0.15) is 0 Å². The van der Waals surface area contributed by atoms with Gasteiger partial charge < -0.3 is 0 Å². The van der Waals surface area contributed by atoms with Gasteiger partial charge in [-0.05, 0) is 12.0 Å². The van der Waals surface area contributed by atoms with E-state index in [0.717, 1.165) is 16.3 Å². The molecule has 1 saturated heterocycles. The minimum atomic E-state index is -0.346. The number of amides is 2. The molecule has 0 bridgehead atoms. The highest BCUT2D eigenvalue weighted by Gasteiger charge is 2.29. The van der Waals surface area contributed by atoms with Gasteiger partial charge in [0, 0.05) is 17.2 Å². The summed E-state index contributed by atoms with van der Waals surface area (Å²) in [5.41, 5.74) is 0.833. The Morgan fingerprint density at radius 2 is 2.11 bits per heavy atom. The average Bonchev–Trinajstić information content (AvgIpc) is 2.39. The van der Waals surface area contributed by atoms with Crippen molar-refractivity contribution in [2.24, 2.45) is 0 Å². The lowest BCUT2D eigenvalue weighted by molar-refractivity contribution is -0.134. The molecular formula is C13H10ClN3O2. The van der Waals surface area contributed by atoms with E-state index in [1.807, 2.05) is 18.2 Å². The van der Waals surface area contributed by atoms with Crippen LogP contribution in [0.4, 0.5) is 0 Å². The van der Waals surface area contributed by atoms with Crippen LogP contribution in [0.1, 0.15) is 24.3 Å². The van der Waals surface area contributed by atoms with Crippen molar-refractivity contribution in [1.82, 2.24) is 15.5 Å². The molecule has 2 aromatic rings. The normalized spacial score (nSPS) is 19.5. The highest BCUT2D eigenvalue weighted by atomic mass is 35.5. The summed E-state index contributed by atoms with van der Waals surface area (Å²) in [5.74, 6) is -0.835. The number of nitrogens with one attached hydrogen (secondary N) is 1. The lowest BCUT2D eigenvalue weighted by atomic mass is 9.88. The fraction of sp³-hybridized carbons (Fsp3) is 0.231. The van der Waals surface area contributed by atoms with E-state index in [4.69, 9.17) is 11.6 Å². The molecule has 1 fully saturated rings. The summed E-state index contributed by atoms with van der Waals surface area (Å²) in [7, 11) is 0. The van der Waals surface area contributed by atoms with Crippen molar-refractivity contribution in [2.75, 3.05) is 0 Å². The minimum absolute atomic E-state index is 0.223. The van der Waals surface area contributed by atoms with Crippen LogP contribution in [0.2, 0.25) is 5.15 Å². The fourth-order valence-corrected chi connectivity index (χ4v) is 2.60. The van der Waals surface area contributed by atoms with E-state index in [0.29, 0.717) is 18.0 Å². The van der Waals surface area contributed by atoms with Crippen LogP contribution < -0.4 is 5.32 Å². The quantitative estimate of drug-likeness (QED) is 0.806.